The van der Waals surface area contributed by atoms with Gasteiger partial charge in [0.2, 0.25) is 0 Å². The second-order valence-electron chi connectivity index (χ2n) is 4.35. The Morgan fingerprint density at radius 3 is 2.59 bits per heavy atom. The molecular formula is C13H24BrN3. The van der Waals surface area contributed by atoms with Crippen LogP contribution in [-0.2, 0) is 6.54 Å². The molecule has 0 saturated heterocycles. The minimum absolute atomic E-state index is 0.732. The molecule has 0 amide bonds. The summed E-state index contributed by atoms with van der Waals surface area (Å²) >= 11 is 3.55. The molecule has 1 rings (SSSR count). The molecule has 0 aliphatic carbocycles. The van der Waals surface area contributed by atoms with Crippen LogP contribution in [0.5, 0.6) is 0 Å². The Labute approximate surface area is 113 Å². The average molecular weight is 302 g/mol. The lowest BCUT2D eigenvalue weighted by molar-refractivity contribution is 0.192. The molecule has 98 valence electrons. The number of nitrogens with zero attached hydrogens (tertiary/aromatic N) is 3. The highest BCUT2D eigenvalue weighted by Gasteiger charge is 2.13. The fourth-order valence-corrected chi connectivity index (χ4v) is 2.72. The molecule has 0 N–H and O–H groups in total. The molecular weight excluding hydrogens is 278 g/mol. The number of aryl methyl sites for hydroxylation is 1. The van der Waals surface area contributed by atoms with Crippen LogP contribution in [0.15, 0.2) is 18.7 Å². The monoisotopic (exact) mass is 301 g/mol. The van der Waals surface area contributed by atoms with Gasteiger partial charge in [0.25, 0.3) is 0 Å². The van der Waals surface area contributed by atoms with Gasteiger partial charge in [0.15, 0.2) is 0 Å². The zero-order chi connectivity index (χ0) is 12.5. The summed E-state index contributed by atoms with van der Waals surface area (Å²) < 4.78 is 2.15. The van der Waals surface area contributed by atoms with E-state index in [9.17, 15) is 0 Å². The van der Waals surface area contributed by atoms with Crippen LogP contribution in [0.1, 0.15) is 33.1 Å². The van der Waals surface area contributed by atoms with Crippen molar-refractivity contribution in [1.29, 1.82) is 0 Å². The first kappa shape index (κ1) is 14.7. The van der Waals surface area contributed by atoms with Gasteiger partial charge in [-0.25, -0.2) is 4.98 Å². The van der Waals surface area contributed by atoms with E-state index in [1.807, 2.05) is 18.7 Å². The van der Waals surface area contributed by atoms with Crippen molar-refractivity contribution >= 4 is 15.9 Å². The van der Waals surface area contributed by atoms with Crippen molar-refractivity contribution in [3.05, 3.63) is 18.7 Å². The van der Waals surface area contributed by atoms with Gasteiger partial charge in [-0.2, -0.15) is 0 Å². The Morgan fingerprint density at radius 2 is 2.06 bits per heavy atom. The first-order valence-corrected chi connectivity index (χ1v) is 7.69. The van der Waals surface area contributed by atoms with E-state index < -0.39 is 0 Å². The average Bonchev–Trinajstić information content (AvgIpc) is 2.83. The van der Waals surface area contributed by atoms with Crippen LogP contribution < -0.4 is 0 Å². The first-order valence-electron chi connectivity index (χ1n) is 6.57. The Hall–Kier alpha value is -0.350. The molecule has 0 bridgehead atoms. The highest BCUT2D eigenvalue weighted by molar-refractivity contribution is 9.09. The van der Waals surface area contributed by atoms with Crippen molar-refractivity contribution in [3.63, 3.8) is 0 Å². The number of hydrogen-bond acceptors (Lipinski definition) is 2. The van der Waals surface area contributed by atoms with Crippen LogP contribution >= 0.6 is 15.9 Å². The summed E-state index contributed by atoms with van der Waals surface area (Å²) in [5, 5.41) is 1.06. The summed E-state index contributed by atoms with van der Waals surface area (Å²) in [7, 11) is 0. The van der Waals surface area contributed by atoms with Gasteiger partial charge in [-0.15, -0.1) is 0 Å². The number of imidazole rings is 1. The third-order valence-electron chi connectivity index (χ3n) is 3.25. The number of alkyl halides is 1. The summed E-state index contributed by atoms with van der Waals surface area (Å²) in [6, 6.07) is 0.732. The molecule has 0 atom stereocenters. The van der Waals surface area contributed by atoms with E-state index >= 15 is 0 Å². The van der Waals surface area contributed by atoms with Gasteiger partial charge in [-0.1, -0.05) is 29.8 Å². The fourth-order valence-electron chi connectivity index (χ4n) is 2.27. The molecule has 0 saturated carbocycles. The smallest absolute Gasteiger partial charge is 0.0945 e. The van der Waals surface area contributed by atoms with Gasteiger partial charge in [-0.05, 0) is 19.3 Å². The van der Waals surface area contributed by atoms with E-state index in [0.717, 1.165) is 24.5 Å². The lowest BCUT2D eigenvalue weighted by Gasteiger charge is -2.29. The largest absolute Gasteiger partial charge is 0.337 e. The standard InChI is InChI=1S/C13H24BrN3/c1-3-13(4-2)17(10-6-14)9-5-8-16-11-7-15-12-16/h7,11-13H,3-6,8-10H2,1-2H3. The van der Waals surface area contributed by atoms with E-state index in [2.05, 4.69) is 44.2 Å². The number of halogens is 1. The molecule has 1 heterocycles. The molecule has 0 spiro atoms. The number of hydrogen-bond donors (Lipinski definition) is 0. The van der Waals surface area contributed by atoms with Gasteiger partial charge < -0.3 is 4.57 Å². The zero-order valence-electron chi connectivity index (χ0n) is 11.0. The lowest BCUT2D eigenvalue weighted by atomic mass is 10.1. The summed E-state index contributed by atoms with van der Waals surface area (Å²) in [6.45, 7) is 7.96. The normalized spacial score (nSPS) is 11.6. The second-order valence-corrected chi connectivity index (χ2v) is 5.14. The molecule has 1 aromatic heterocycles. The molecule has 0 aliphatic rings. The Kier molecular flexibility index (Phi) is 7.53. The molecule has 1 aromatic rings. The maximum Gasteiger partial charge on any atom is 0.0945 e. The first-order chi connectivity index (χ1) is 8.31. The maximum absolute atomic E-state index is 4.07. The highest BCUT2D eigenvalue weighted by atomic mass is 79.9. The topological polar surface area (TPSA) is 21.1 Å². The van der Waals surface area contributed by atoms with Crippen LogP contribution in [0.4, 0.5) is 0 Å². The van der Waals surface area contributed by atoms with Gasteiger partial charge in [0.05, 0.1) is 6.33 Å². The van der Waals surface area contributed by atoms with Gasteiger partial charge in [-0.3, -0.25) is 4.90 Å². The van der Waals surface area contributed by atoms with E-state index in [0.29, 0.717) is 0 Å². The Balaban J connectivity index is 2.33. The quantitative estimate of drug-likeness (QED) is 0.653. The molecule has 17 heavy (non-hydrogen) atoms. The molecule has 0 fully saturated rings. The number of rotatable bonds is 9. The van der Waals surface area contributed by atoms with Crippen LogP contribution in [0, 0.1) is 0 Å². The molecule has 0 aliphatic heterocycles. The molecule has 3 nitrogen and oxygen atoms in total. The Bertz CT molecular complexity index is 270. The van der Waals surface area contributed by atoms with E-state index in [4.69, 9.17) is 0 Å². The van der Waals surface area contributed by atoms with Crippen LogP contribution in [-0.4, -0.2) is 38.9 Å². The van der Waals surface area contributed by atoms with Crippen molar-refractivity contribution in [2.24, 2.45) is 0 Å². The van der Waals surface area contributed by atoms with E-state index in [1.54, 1.807) is 0 Å². The summed E-state index contributed by atoms with van der Waals surface area (Å²) in [5.74, 6) is 0. The predicted molar refractivity (Wildman–Crippen MR) is 76.6 cm³/mol. The highest BCUT2D eigenvalue weighted by Crippen LogP contribution is 2.10. The van der Waals surface area contributed by atoms with Crippen molar-refractivity contribution in [2.45, 2.75) is 45.7 Å². The zero-order valence-corrected chi connectivity index (χ0v) is 12.6. The van der Waals surface area contributed by atoms with Crippen LogP contribution in [0.3, 0.4) is 0 Å². The summed E-state index contributed by atoms with van der Waals surface area (Å²) in [6.07, 6.45) is 9.46. The number of aromatic nitrogens is 2. The van der Waals surface area contributed by atoms with E-state index in [1.165, 1.54) is 25.8 Å². The summed E-state index contributed by atoms with van der Waals surface area (Å²) in [4.78, 5) is 6.67. The van der Waals surface area contributed by atoms with Crippen molar-refractivity contribution in [3.8, 4) is 0 Å². The fraction of sp³-hybridized carbons (Fsp3) is 0.769. The molecule has 0 radical (unpaired) electrons. The lowest BCUT2D eigenvalue weighted by Crippen LogP contribution is -2.37. The van der Waals surface area contributed by atoms with Crippen molar-refractivity contribution < 1.29 is 0 Å². The molecule has 0 unspecified atom stereocenters. The molecule has 4 heteroatoms. The van der Waals surface area contributed by atoms with Crippen LogP contribution in [0.25, 0.3) is 0 Å². The predicted octanol–water partition coefficient (Wildman–Crippen LogP) is 3.16. The minimum Gasteiger partial charge on any atom is -0.337 e. The third-order valence-corrected chi connectivity index (χ3v) is 3.61. The summed E-state index contributed by atoms with van der Waals surface area (Å²) in [5.41, 5.74) is 0. The van der Waals surface area contributed by atoms with E-state index in [-0.39, 0.29) is 0 Å². The second kappa shape index (κ2) is 8.70. The van der Waals surface area contributed by atoms with Crippen molar-refractivity contribution in [2.75, 3.05) is 18.4 Å². The third kappa shape index (κ3) is 5.21. The minimum atomic E-state index is 0.732. The van der Waals surface area contributed by atoms with Gasteiger partial charge in [0.1, 0.15) is 0 Å². The van der Waals surface area contributed by atoms with Gasteiger partial charge in [0, 0.05) is 43.4 Å². The SMILES string of the molecule is CCC(CC)N(CCBr)CCCn1ccnc1. The Morgan fingerprint density at radius 1 is 1.29 bits per heavy atom. The van der Waals surface area contributed by atoms with Crippen LogP contribution in [0.2, 0.25) is 0 Å². The van der Waals surface area contributed by atoms with Gasteiger partial charge >= 0.3 is 0 Å². The maximum atomic E-state index is 4.07. The molecule has 0 aromatic carbocycles. The van der Waals surface area contributed by atoms with Crippen molar-refractivity contribution in [1.82, 2.24) is 14.5 Å².